The van der Waals surface area contributed by atoms with Crippen molar-refractivity contribution in [2.45, 2.75) is 52.6 Å². The Bertz CT molecular complexity index is 104. The Labute approximate surface area is 70.6 Å². The normalized spacial score (nSPS) is 32.2. The van der Waals surface area contributed by atoms with Gasteiger partial charge in [0.25, 0.3) is 0 Å². The Balaban J connectivity index is 2.35. The van der Waals surface area contributed by atoms with Crippen LogP contribution in [0.15, 0.2) is 0 Å². The van der Waals surface area contributed by atoms with E-state index in [1.807, 2.05) is 0 Å². The summed E-state index contributed by atoms with van der Waals surface area (Å²) in [5, 5.41) is 3.69. The van der Waals surface area contributed by atoms with Gasteiger partial charge in [0, 0.05) is 12.1 Å². The second-order valence-corrected chi connectivity index (χ2v) is 4.45. The predicted molar refractivity (Wildman–Crippen MR) is 49.6 cm³/mol. The van der Waals surface area contributed by atoms with Crippen molar-refractivity contribution in [2.24, 2.45) is 11.8 Å². The Morgan fingerprint density at radius 3 is 1.45 bits per heavy atom. The molecule has 1 saturated heterocycles. The standard InChI is InChI=1S/C10H21N/c1-7(2)9-5-6-10(11-9)8(3)4/h7-11H,5-6H2,1-4H3/t9-,10-/m0/s1. The van der Waals surface area contributed by atoms with Gasteiger partial charge in [0.15, 0.2) is 0 Å². The molecule has 1 rings (SSSR count). The molecule has 1 nitrogen and oxygen atoms in total. The highest BCUT2D eigenvalue weighted by atomic mass is 15.0. The lowest BCUT2D eigenvalue weighted by atomic mass is 10.0. The first-order valence-corrected chi connectivity index (χ1v) is 4.87. The molecule has 66 valence electrons. The summed E-state index contributed by atoms with van der Waals surface area (Å²) in [6.07, 6.45) is 2.75. The molecule has 1 heteroatoms. The molecule has 1 fully saturated rings. The summed E-state index contributed by atoms with van der Waals surface area (Å²) >= 11 is 0. The number of hydrogen-bond donors (Lipinski definition) is 1. The Morgan fingerprint density at radius 2 is 1.27 bits per heavy atom. The monoisotopic (exact) mass is 155 g/mol. The maximum Gasteiger partial charge on any atom is 0.00933 e. The van der Waals surface area contributed by atoms with Crippen LogP contribution in [0.2, 0.25) is 0 Å². The molecule has 1 N–H and O–H groups in total. The molecule has 0 bridgehead atoms. The van der Waals surface area contributed by atoms with E-state index in [4.69, 9.17) is 0 Å². The zero-order valence-electron chi connectivity index (χ0n) is 8.22. The number of hydrogen-bond acceptors (Lipinski definition) is 1. The van der Waals surface area contributed by atoms with Crippen molar-refractivity contribution in [1.82, 2.24) is 5.32 Å². The van der Waals surface area contributed by atoms with E-state index in [0.717, 1.165) is 23.9 Å². The highest BCUT2D eigenvalue weighted by molar-refractivity contribution is 4.86. The minimum absolute atomic E-state index is 0.780. The fourth-order valence-corrected chi connectivity index (χ4v) is 1.85. The van der Waals surface area contributed by atoms with Crippen LogP contribution in [0.4, 0.5) is 0 Å². The van der Waals surface area contributed by atoms with Crippen molar-refractivity contribution in [3.8, 4) is 0 Å². The summed E-state index contributed by atoms with van der Waals surface area (Å²) < 4.78 is 0. The molecule has 1 aliphatic heterocycles. The first-order chi connectivity index (χ1) is 5.11. The van der Waals surface area contributed by atoms with E-state index < -0.39 is 0 Å². The van der Waals surface area contributed by atoms with Gasteiger partial charge in [0.2, 0.25) is 0 Å². The van der Waals surface area contributed by atoms with Gasteiger partial charge in [-0.3, -0.25) is 0 Å². The van der Waals surface area contributed by atoms with Crippen molar-refractivity contribution >= 4 is 0 Å². The lowest BCUT2D eigenvalue weighted by Gasteiger charge is -2.19. The van der Waals surface area contributed by atoms with Gasteiger partial charge in [-0.2, -0.15) is 0 Å². The minimum atomic E-state index is 0.780. The average molecular weight is 155 g/mol. The van der Waals surface area contributed by atoms with Crippen molar-refractivity contribution in [2.75, 3.05) is 0 Å². The van der Waals surface area contributed by atoms with E-state index in [2.05, 4.69) is 33.0 Å². The molecule has 0 aromatic rings. The van der Waals surface area contributed by atoms with Crippen molar-refractivity contribution in [3.63, 3.8) is 0 Å². The molecule has 1 heterocycles. The molecule has 0 amide bonds. The lowest BCUT2D eigenvalue weighted by Crippen LogP contribution is -2.35. The summed E-state index contributed by atoms with van der Waals surface area (Å²) in [7, 11) is 0. The van der Waals surface area contributed by atoms with E-state index in [-0.39, 0.29) is 0 Å². The largest absolute Gasteiger partial charge is 0.311 e. The molecule has 1 aliphatic rings. The SMILES string of the molecule is CC(C)[C@@H]1CC[C@@H](C(C)C)N1. The Morgan fingerprint density at radius 1 is 0.909 bits per heavy atom. The molecule has 0 aliphatic carbocycles. The maximum atomic E-state index is 3.69. The molecule has 0 aromatic heterocycles. The van der Waals surface area contributed by atoms with Crippen LogP contribution in [0, 0.1) is 11.8 Å². The van der Waals surface area contributed by atoms with Crippen LogP contribution < -0.4 is 5.32 Å². The second kappa shape index (κ2) is 3.57. The van der Waals surface area contributed by atoms with Crippen LogP contribution in [0.25, 0.3) is 0 Å². The fourth-order valence-electron chi connectivity index (χ4n) is 1.85. The minimum Gasteiger partial charge on any atom is -0.311 e. The van der Waals surface area contributed by atoms with Crippen molar-refractivity contribution < 1.29 is 0 Å². The van der Waals surface area contributed by atoms with Crippen LogP contribution in [-0.2, 0) is 0 Å². The van der Waals surface area contributed by atoms with Gasteiger partial charge in [0.1, 0.15) is 0 Å². The molecule has 11 heavy (non-hydrogen) atoms. The first-order valence-electron chi connectivity index (χ1n) is 4.87. The van der Waals surface area contributed by atoms with Gasteiger partial charge in [-0.1, -0.05) is 27.7 Å². The van der Waals surface area contributed by atoms with Crippen LogP contribution in [0.3, 0.4) is 0 Å². The molecular formula is C10H21N. The van der Waals surface area contributed by atoms with E-state index >= 15 is 0 Å². The van der Waals surface area contributed by atoms with Crippen LogP contribution in [0.5, 0.6) is 0 Å². The maximum absolute atomic E-state index is 3.69. The third kappa shape index (κ3) is 2.19. The molecule has 0 unspecified atom stereocenters. The van der Waals surface area contributed by atoms with Gasteiger partial charge in [-0.15, -0.1) is 0 Å². The Hall–Kier alpha value is -0.0400. The van der Waals surface area contributed by atoms with Crippen molar-refractivity contribution in [3.05, 3.63) is 0 Å². The third-order valence-corrected chi connectivity index (χ3v) is 2.83. The zero-order chi connectivity index (χ0) is 8.43. The molecule has 2 atom stereocenters. The zero-order valence-corrected chi connectivity index (χ0v) is 8.22. The van der Waals surface area contributed by atoms with Crippen LogP contribution >= 0.6 is 0 Å². The topological polar surface area (TPSA) is 12.0 Å². The van der Waals surface area contributed by atoms with E-state index in [1.54, 1.807) is 0 Å². The lowest BCUT2D eigenvalue weighted by molar-refractivity contribution is 0.386. The fraction of sp³-hybridized carbons (Fsp3) is 1.00. The summed E-state index contributed by atoms with van der Waals surface area (Å²) in [6.45, 7) is 9.22. The smallest absolute Gasteiger partial charge is 0.00933 e. The van der Waals surface area contributed by atoms with Gasteiger partial charge in [-0.05, 0) is 24.7 Å². The average Bonchev–Trinajstić information content (AvgIpc) is 2.33. The molecule has 0 spiro atoms. The first kappa shape index (κ1) is 9.05. The number of nitrogens with one attached hydrogen (secondary N) is 1. The highest BCUT2D eigenvalue weighted by Crippen LogP contribution is 2.22. The summed E-state index contributed by atoms with van der Waals surface area (Å²) in [5.74, 6) is 1.61. The van der Waals surface area contributed by atoms with Crippen LogP contribution in [0.1, 0.15) is 40.5 Å². The second-order valence-electron chi connectivity index (χ2n) is 4.45. The van der Waals surface area contributed by atoms with Gasteiger partial charge in [0.05, 0.1) is 0 Å². The third-order valence-electron chi connectivity index (χ3n) is 2.83. The van der Waals surface area contributed by atoms with Crippen LogP contribution in [-0.4, -0.2) is 12.1 Å². The molecule has 0 saturated carbocycles. The van der Waals surface area contributed by atoms with E-state index in [9.17, 15) is 0 Å². The van der Waals surface area contributed by atoms with E-state index in [1.165, 1.54) is 12.8 Å². The summed E-state index contributed by atoms with van der Waals surface area (Å²) in [6, 6.07) is 1.56. The van der Waals surface area contributed by atoms with E-state index in [0.29, 0.717) is 0 Å². The molecular weight excluding hydrogens is 134 g/mol. The summed E-state index contributed by atoms with van der Waals surface area (Å²) in [5.41, 5.74) is 0. The highest BCUT2D eigenvalue weighted by Gasteiger charge is 2.27. The molecule has 0 aromatic carbocycles. The van der Waals surface area contributed by atoms with Gasteiger partial charge in [-0.25, -0.2) is 0 Å². The molecule has 0 radical (unpaired) electrons. The Kier molecular flexibility index (Phi) is 2.94. The number of rotatable bonds is 2. The predicted octanol–water partition coefficient (Wildman–Crippen LogP) is 2.42. The summed E-state index contributed by atoms with van der Waals surface area (Å²) in [4.78, 5) is 0. The quantitative estimate of drug-likeness (QED) is 0.645. The van der Waals surface area contributed by atoms with Crippen molar-refractivity contribution in [1.29, 1.82) is 0 Å². The van der Waals surface area contributed by atoms with Gasteiger partial charge >= 0.3 is 0 Å². The van der Waals surface area contributed by atoms with Gasteiger partial charge < -0.3 is 5.32 Å².